The molecular formula is C32H37Cl2N3O4S. The molecule has 10 heteroatoms. The highest BCUT2D eigenvalue weighted by Crippen LogP contribution is 2.31. The molecule has 2 amide bonds. The van der Waals surface area contributed by atoms with Crippen molar-refractivity contribution in [2.24, 2.45) is 0 Å². The number of anilines is 1. The summed E-state index contributed by atoms with van der Waals surface area (Å²) in [5.74, 6) is -0.783. The lowest BCUT2D eigenvalue weighted by molar-refractivity contribution is -0.140. The predicted octanol–water partition coefficient (Wildman–Crippen LogP) is 6.16. The SMILES string of the molecule is Cc1ccc(CN(C(=O)CN(c2cc(Cl)ccc2Cl)S(C)(=O)=O)C(Cc2ccccc2)C(=O)NC2CCCCC2)cc1. The standard InChI is InChI=1S/C32H37Cl2N3O4S/c1-23-13-15-25(16-14-23)21-36(31(38)22-37(42(2,40)41)29-20-26(33)17-18-28(29)34)30(19-24-9-5-3-6-10-24)32(39)35-27-11-7-4-8-12-27/h3,5-6,9-10,13-18,20,27,30H,4,7-8,11-12,19,21-22H2,1-2H3,(H,35,39). The monoisotopic (exact) mass is 629 g/mol. The van der Waals surface area contributed by atoms with Gasteiger partial charge in [-0.2, -0.15) is 0 Å². The Morgan fingerprint density at radius 2 is 1.60 bits per heavy atom. The van der Waals surface area contributed by atoms with Gasteiger partial charge >= 0.3 is 0 Å². The normalized spacial score (nSPS) is 14.7. The van der Waals surface area contributed by atoms with Crippen LogP contribution in [0.25, 0.3) is 0 Å². The zero-order valence-electron chi connectivity index (χ0n) is 23.9. The lowest BCUT2D eigenvalue weighted by atomic mass is 9.94. The number of carbonyl (C=O) groups is 2. The van der Waals surface area contributed by atoms with Crippen LogP contribution in [0.5, 0.6) is 0 Å². The minimum Gasteiger partial charge on any atom is -0.352 e. The molecule has 0 heterocycles. The number of sulfonamides is 1. The first-order valence-electron chi connectivity index (χ1n) is 14.1. The van der Waals surface area contributed by atoms with Crippen LogP contribution in [0.4, 0.5) is 5.69 Å². The van der Waals surface area contributed by atoms with Crippen LogP contribution in [0.1, 0.15) is 48.8 Å². The van der Waals surface area contributed by atoms with E-state index >= 15 is 0 Å². The van der Waals surface area contributed by atoms with Crippen LogP contribution < -0.4 is 9.62 Å². The van der Waals surface area contributed by atoms with E-state index in [9.17, 15) is 18.0 Å². The average Bonchev–Trinajstić information content (AvgIpc) is 2.96. The number of nitrogens with zero attached hydrogens (tertiary/aromatic N) is 2. The molecule has 1 fully saturated rings. The van der Waals surface area contributed by atoms with Crippen LogP contribution in [0.2, 0.25) is 10.0 Å². The zero-order chi connectivity index (χ0) is 30.3. The van der Waals surface area contributed by atoms with Crippen LogP contribution >= 0.6 is 23.2 Å². The van der Waals surface area contributed by atoms with Crippen LogP contribution in [0.15, 0.2) is 72.8 Å². The Labute approximate surface area is 258 Å². The lowest BCUT2D eigenvalue weighted by Crippen LogP contribution is -2.55. The molecule has 0 aromatic heterocycles. The highest BCUT2D eigenvalue weighted by Gasteiger charge is 2.34. The third-order valence-electron chi connectivity index (χ3n) is 7.55. The number of hydrogen-bond donors (Lipinski definition) is 1. The van der Waals surface area contributed by atoms with Gasteiger partial charge in [0.2, 0.25) is 21.8 Å². The maximum atomic E-state index is 14.2. The van der Waals surface area contributed by atoms with Gasteiger partial charge in [-0.15, -0.1) is 0 Å². The Balaban J connectivity index is 1.73. The van der Waals surface area contributed by atoms with Crippen molar-refractivity contribution in [2.75, 3.05) is 17.1 Å². The van der Waals surface area contributed by atoms with E-state index in [-0.39, 0.29) is 40.6 Å². The van der Waals surface area contributed by atoms with Crippen LogP contribution in [-0.4, -0.2) is 50.0 Å². The molecule has 0 spiro atoms. The molecular weight excluding hydrogens is 593 g/mol. The van der Waals surface area contributed by atoms with Crippen molar-refractivity contribution in [1.82, 2.24) is 10.2 Å². The predicted molar refractivity (Wildman–Crippen MR) is 169 cm³/mol. The Morgan fingerprint density at radius 3 is 2.24 bits per heavy atom. The van der Waals surface area contributed by atoms with E-state index in [1.807, 2.05) is 61.5 Å². The fourth-order valence-corrected chi connectivity index (χ4v) is 6.55. The molecule has 0 radical (unpaired) electrons. The quantitative estimate of drug-likeness (QED) is 0.275. The number of rotatable bonds is 11. The lowest BCUT2D eigenvalue weighted by Gasteiger charge is -2.35. The van der Waals surface area contributed by atoms with Crippen molar-refractivity contribution in [1.29, 1.82) is 0 Å². The molecule has 42 heavy (non-hydrogen) atoms. The molecule has 3 aromatic rings. The van der Waals surface area contributed by atoms with Crippen LogP contribution in [-0.2, 0) is 32.6 Å². The maximum absolute atomic E-state index is 14.2. The van der Waals surface area contributed by atoms with Crippen LogP contribution in [0.3, 0.4) is 0 Å². The van der Waals surface area contributed by atoms with Crippen molar-refractivity contribution in [3.05, 3.63) is 99.5 Å². The van der Waals surface area contributed by atoms with Gasteiger partial charge in [-0.25, -0.2) is 8.42 Å². The summed E-state index contributed by atoms with van der Waals surface area (Å²) in [7, 11) is -3.95. The molecule has 1 aliphatic rings. The van der Waals surface area contributed by atoms with Crippen LogP contribution in [0, 0.1) is 6.92 Å². The Bertz CT molecular complexity index is 1480. The van der Waals surface area contributed by atoms with Gasteiger partial charge in [-0.1, -0.05) is 103 Å². The average molecular weight is 631 g/mol. The van der Waals surface area contributed by atoms with E-state index in [0.717, 1.165) is 59.4 Å². The fourth-order valence-electron chi connectivity index (χ4n) is 5.26. The third kappa shape index (κ3) is 8.72. The largest absolute Gasteiger partial charge is 0.352 e. The molecule has 4 rings (SSSR count). The van der Waals surface area contributed by atoms with Crippen molar-refractivity contribution in [3.8, 4) is 0 Å². The number of benzene rings is 3. The minimum atomic E-state index is -3.95. The van der Waals surface area contributed by atoms with Crippen molar-refractivity contribution in [3.63, 3.8) is 0 Å². The topological polar surface area (TPSA) is 86.8 Å². The summed E-state index contributed by atoms with van der Waals surface area (Å²) in [5.41, 5.74) is 2.87. The van der Waals surface area contributed by atoms with Gasteiger partial charge in [-0.05, 0) is 49.1 Å². The van der Waals surface area contributed by atoms with E-state index in [1.165, 1.54) is 17.0 Å². The molecule has 1 saturated carbocycles. The molecule has 0 bridgehead atoms. The summed E-state index contributed by atoms with van der Waals surface area (Å²) in [4.78, 5) is 29.7. The third-order valence-corrected chi connectivity index (χ3v) is 9.23. The van der Waals surface area contributed by atoms with Crippen molar-refractivity contribution < 1.29 is 18.0 Å². The van der Waals surface area contributed by atoms with E-state index in [1.54, 1.807) is 6.07 Å². The minimum absolute atomic E-state index is 0.0404. The number of aryl methyl sites for hydroxylation is 1. The number of nitrogens with one attached hydrogen (secondary N) is 1. The van der Waals surface area contributed by atoms with Gasteiger partial charge < -0.3 is 10.2 Å². The molecule has 224 valence electrons. The van der Waals surface area contributed by atoms with E-state index in [4.69, 9.17) is 23.2 Å². The molecule has 3 aromatic carbocycles. The Kier molecular flexibility index (Phi) is 10.9. The molecule has 1 atom stereocenters. The van der Waals surface area contributed by atoms with E-state index in [0.29, 0.717) is 0 Å². The molecule has 1 N–H and O–H groups in total. The van der Waals surface area contributed by atoms with Gasteiger partial charge in [0.05, 0.1) is 17.0 Å². The number of halogens is 2. The zero-order valence-corrected chi connectivity index (χ0v) is 26.3. The summed E-state index contributed by atoms with van der Waals surface area (Å²) >= 11 is 12.6. The molecule has 1 aliphatic carbocycles. The summed E-state index contributed by atoms with van der Waals surface area (Å²) in [6.07, 6.45) is 6.31. The van der Waals surface area contributed by atoms with Gasteiger partial charge in [0.25, 0.3) is 0 Å². The second kappa shape index (κ2) is 14.4. The number of amides is 2. The maximum Gasteiger partial charge on any atom is 0.244 e. The fraction of sp³-hybridized carbons (Fsp3) is 0.375. The first kappa shape index (κ1) is 31.9. The molecule has 1 unspecified atom stereocenters. The van der Waals surface area contributed by atoms with Gasteiger partial charge in [0.1, 0.15) is 12.6 Å². The first-order valence-corrected chi connectivity index (χ1v) is 16.7. The van der Waals surface area contributed by atoms with E-state index in [2.05, 4.69) is 5.32 Å². The second-order valence-electron chi connectivity index (χ2n) is 10.9. The summed E-state index contributed by atoms with van der Waals surface area (Å²) in [5, 5.41) is 3.61. The van der Waals surface area contributed by atoms with E-state index < -0.39 is 28.5 Å². The Morgan fingerprint density at radius 1 is 0.929 bits per heavy atom. The van der Waals surface area contributed by atoms with Gasteiger partial charge in [0, 0.05) is 24.0 Å². The number of hydrogen-bond acceptors (Lipinski definition) is 4. The summed E-state index contributed by atoms with van der Waals surface area (Å²) < 4.78 is 26.9. The van der Waals surface area contributed by atoms with Crippen molar-refractivity contribution in [2.45, 2.75) is 64.1 Å². The summed E-state index contributed by atoms with van der Waals surface area (Å²) in [6, 6.07) is 20.9. The Hall–Kier alpha value is -3.07. The molecule has 0 aliphatic heterocycles. The highest BCUT2D eigenvalue weighted by atomic mass is 35.5. The first-order chi connectivity index (χ1) is 20.0. The number of carbonyl (C=O) groups excluding carboxylic acids is 2. The highest BCUT2D eigenvalue weighted by molar-refractivity contribution is 7.92. The molecule has 7 nitrogen and oxygen atoms in total. The second-order valence-corrected chi connectivity index (χ2v) is 13.7. The van der Waals surface area contributed by atoms with Gasteiger partial charge in [-0.3, -0.25) is 13.9 Å². The smallest absolute Gasteiger partial charge is 0.244 e. The van der Waals surface area contributed by atoms with Crippen molar-refractivity contribution >= 4 is 50.7 Å². The molecule has 0 saturated heterocycles. The summed E-state index contributed by atoms with van der Waals surface area (Å²) in [6.45, 7) is 1.55. The van der Waals surface area contributed by atoms with Gasteiger partial charge in [0.15, 0.2) is 0 Å².